The molecule has 1 N–H and O–H groups in total. The van der Waals surface area contributed by atoms with Crippen molar-refractivity contribution in [1.29, 1.82) is 0 Å². The zero-order valence-corrected chi connectivity index (χ0v) is 22.6. The van der Waals surface area contributed by atoms with Gasteiger partial charge < -0.3 is 24.1 Å². The minimum Gasteiger partial charge on any atom is -0.465 e. The van der Waals surface area contributed by atoms with Crippen LogP contribution in [0.4, 0.5) is 0 Å². The molecule has 2 saturated carbocycles. The number of fused-ring (bicyclic) bond motifs is 1. The average Bonchev–Trinajstić information content (AvgIpc) is 2.85. The zero-order chi connectivity index (χ0) is 25.3. The summed E-state index contributed by atoms with van der Waals surface area (Å²) >= 11 is 0. The van der Waals surface area contributed by atoms with Gasteiger partial charge in [-0.25, -0.2) is 0 Å². The summed E-state index contributed by atoms with van der Waals surface area (Å²) in [5.41, 5.74) is 2.22. The highest BCUT2D eigenvalue weighted by Gasteiger charge is 2.55. The highest BCUT2D eigenvalue weighted by molar-refractivity contribution is 5.43. The molecule has 36 heavy (non-hydrogen) atoms. The summed E-state index contributed by atoms with van der Waals surface area (Å²) in [7, 11) is 0. The van der Waals surface area contributed by atoms with E-state index in [0.717, 1.165) is 82.3 Å². The van der Waals surface area contributed by atoms with Crippen LogP contribution in [0.3, 0.4) is 0 Å². The van der Waals surface area contributed by atoms with E-state index in [2.05, 4.69) is 27.4 Å². The molecule has 5 rings (SSSR count). The van der Waals surface area contributed by atoms with E-state index in [1.54, 1.807) is 0 Å². The summed E-state index contributed by atoms with van der Waals surface area (Å²) in [5.74, 6) is 1.96. The van der Waals surface area contributed by atoms with E-state index >= 15 is 0 Å². The first kappa shape index (κ1) is 26.1. The number of aliphatic hydroxyl groups is 1. The highest BCUT2D eigenvalue weighted by atomic mass is 16.7. The van der Waals surface area contributed by atoms with Gasteiger partial charge in [0.05, 0.1) is 19.3 Å². The molecule has 6 atom stereocenters. The molecule has 0 bridgehead atoms. The number of aliphatic hydroxyl groups excluding tert-OH is 1. The molecule has 1 aromatic carbocycles. The second-order valence-electron chi connectivity index (χ2n) is 12.5. The lowest BCUT2D eigenvalue weighted by Crippen LogP contribution is -2.51. The number of hydrogen-bond donors (Lipinski definition) is 1. The fourth-order valence-electron chi connectivity index (χ4n) is 7.81. The lowest BCUT2D eigenvalue weighted by molar-refractivity contribution is -0.111. The normalized spacial score (nSPS) is 35.5. The largest absolute Gasteiger partial charge is 0.465 e. The van der Waals surface area contributed by atoms with Gasteiger partial charge in [-0.05, 0) is 86.3 Å². The molecular formula is C31H46O5. The van der Waals surface area contributed by atoms with E-state index in [4.69, 9.17) is 18.9 Å². The fourth-order valence-corrected chi connectivity index (χ4v) is 7.81. The molecule has 5 nitrogen and oxygen atoms in total. The zero-order valence-electron chi connectivity index (χ0n) is 22.6. The van der Waals surface area contributed by atoms with Crippen LogP contribution in [0, 0.1) is 22.7 Å². The molecule has 0 spiro atoms. The van der Waals surface area contributed by atoms with E-state index in [9.17, 15) is 5.11 Å². The van der Waals surface area contributed by atoms with Gasteiger partial charge in [-0.3, -0.25) is 0 Å². The van der Waals surface area contributed by atoms with Gasteiger partial charge >= 0.3 is 0 Å². The minimum atomic E-state index is -0.714. The maximum absolute atomic E-state index is 12.2. The molecule has 1 aromatic rings. The molecule has 2 aliphatic carbocycles. The van der Waals surface area contributed by atoms with Crippen molar-refractivity contribution >= 4 is 0 Å². The van der Waals surface area contributed by atoms with Crippen LogP contribution < -0.4 is 9.47 Å². The number of hydrogen-bond acceptors (Lipinski definition) is 5. The van der Waals surface area contributed by atoms with Crippen molar-refractivity contribution in [2.24, 2.45) is 22.7 Å². The number of benzene rings is 1. The summed E-state index contributed by atoms with van der Waals surface area (Å²) in [5, 5.41) is 12.2. The predicted octanol–water partition coefficient (Wildman–Crippen LogP) is 7.33. The molecular weight excluding hydrogens is 452 g/mol. The Bertz CT molecular complexity index is 914. The topological polar surface area (TPSA) is 57.2 Å². The summed E-state index contributed by atoms with van der Waals surface area (Å²) in [6.07, 6.45) is 10.6. The van der Waals surface area contributed by atoms with Gasteiger partial charge in [-0.2, -0.15) is 0 Å². The van der Waals surface area contributed by atoms with E-state index in [1.165, 1.54) is 18.4 Å². The molecule has 5 heteroatoms. The lowest BCUT2D eigenvalue weighted by Gasteiger charge is -2.58. The van der Waals surface area contributed by atoms with Crippen LogP contribution >= 0.6 is 0 Å². The van der Waals surface area contributed by atoms with Crippen molar-refractivity contribution in [3.05, 3.63) is 35.9 Å². The van der Waals surface area contributed by atoms with Gasteiger partial charge in [0, 0.05) is 24.3 Å². The van der Waals surface area contributed by atoms with Crippen molar-refractivity contribution < 1.29 is 24.1 Å². The van der Waals surface area contributed by atoms with E-state index in [1.807, 2.05) is 18.2 Å². The third-order valence-electron chi connectivity index (χ3n) is 9.60. The molecule has 2 saturated heterocycles. The molecule has 4 fully saturated rings. The van der Waals surface area contributed by atoms with Gasteiger partial charge in [0.2, 0.25) is 0 Å². The van der Waals surface area contributed by atoms with E-state index in [-0.39, 0.29) is 29.3 Å². The summed E-state index contributed by atoms with van der Waals surface area (Å²) in [6, 6.07) is 5.87. The minimum absolute atomic E-state index is 0.00154. The molecule has 0 aromatic heterocycles. The third kappa shape index (κ3) is 5.21. The van der Waals surface area contributed by atoms with Crippen molar-refractivity contribution in [3.8, 4) is 11.5 Å². The Morgan fingerprint density at radius 1 is 0.917 bits per heavy atom. The molecule has 0 radical (unpaired) electrons. The second-order valence-corrected chi connectivity index (χ2v) is 12.5. The summed E-state index contributed by atoms with van der Waals surface area (Å²) < 4.78 is 24.3. The smallest absolute Gasteiger partial charge is 0.199 e. The van der Waals surface area contributed by atoms with Crippen LogP contribution in [-0.4, -0.2) is 30.9 Å². The van der Waals surface area contributed by atoms with Crippen molar-refractivity contribution in [2.45, 2.75) is 110 Å². The molecule has 0 amide bonds. The quantitative estimate of drug-likeness (QED) is 0.416. The second kappa shape index (κ2) is 10.7. The molecule has 2 aliphatic heterocycles. The Labute approximate surface area is 217 Å². The first-order chi connectivity index (χ1) is 17.3. The number of rotatable bonds is 6. The van der Waals surface area contributed by atoms with Crippen molar-refractivity contribution in [1.82, 2.24) is 0 Å². The Balaban J connectivity index is 1.47. The molecule has 200 valence electrons. The Morgan fingerprint density at radius 2 is 1.61 bits per heavy atom. The van der Waals surface area contributed by atoms with Gasteiger partial charge in [0.15, 0.2) is 12.6 Å². The van der Waals surface area contributed by atoms with Gasteiger partial charge in [-0.1, -0.05) is 39.3 Å². The van der Waals surface area contributed by atoms with Crippen molar-refractivity contribution in [2.75, 3.05) is 13.2 Å². The van der Waals surface area contributed by atoms with Crippen molar-refractivity contribution in [3.63, 3.8) is 0 Å². The monoisotopic (exact) mass is 498 g/mol. The van der Waals surface area contributed by atoms with Crippen LogP contribution in [0.5, 0.6) is 11.5 Å². The van der Waals surface area contributed by atoms with Gasteiger partial charge in [0.25, 0.3) is 0 Å². The maximum Gasteiger partial charge on any atom is 0.199 e. The average molecular weight is 499 g/mol. The van der Waals surface area contributed by atoms with Crippen LogP contribution in [0.2, 0.25) is 0 Å². The van der Waals surface area contributed by atoms with Crippen LogP contribution in [-0.2, 0) is 9.47 Å². The van der Waals surface area contributed by atoms with Gasteiger partial charge in [-0.15, -0.1) is 0 Å². The molecule has 3 unspecified atom stereocenters. The fraction of sp³-hybridized carbons (Fsp3) is 0.742. The van der Waals surface area contributed by atoms with Gasteiger partial charge in [0.1, 0.15) is 11.5 Å². The Hall–Kier alpha value is -1.56. The third-order valence-corrected chi connectivity index (χ3v) is 9.60. The first-order valence-electron chi connectivity index (χ1n) is 14.3. The highest BCUT2D eigenvalue weighted by Crippen LogP contribution is 2.63. The predicted molar refractivity (Wildman–Crippen MR) is 141 cm³/mol. The standard InChI is InChI=1S/C31H46O5/c1-21-12-15-25-30(2,3)16-9-17-31(25,4)28(21)29(32)23-20-22(35-26-10-5-7-18-33-26)13-14-24(23)36-27-11-6-8-19-34-27/h13-14,20,25-29,32H,1,5-12,15-19H2,2-4H3/t25-,26?,27?,28+,29?,31-/m1/s1. The van der Waals surface area contributed by atoms with Crippen LogP contribution in [0.1, 0.15) is 103 Å². The summed E-state index contributed by atoms with van der Waals surface area (Å²) in [4.78, 5) is 0. The van der Waals surface area contributed by atoms with E-state index < -0.39 is 6.10 Å². The Kier molecular flexibility index (Phi) is 7.72. The van der Waals surface area contributed by atoms with Crippen LogP contribution in [0.25, 0.3) is 0 Å². The maximum atomic E-state index is 12.2. The van der Waals surface area contributed by atoms with Crippen LogP contribution in [0.15, 0.2) is 30.4 Å². The SMILES string of the molecule is C=C1CC[C@@H]2C(C)(C)CCC[C@@]2(C)[C@@H]1C(O)c1cc(OC2CCCCO2)ccc1OC1CCCCO1. The Morgan fingerprint density at radius 3 is 2.28 bits per heavy atom. The molecule has 4 aliphatic rings. The number of ether oxygens (including phenoxy) is 4. The first-order valence-corrected chi connectivity index (χ1v) is 14.3. The molecule has 2 heterocycles. The lowest BCUT2D eigenvalue weighted by atomic mass is 9.46. The summed E-state index contributed by atoms with van der Waals surface area (Å²) in [6.45, 7) is 13.2. The van der Waals surface area contributed by atoms with E-state index in [0.29, 0.717) is 11.7 Å².